The van der Waals surface area contributed by atoms with Gasteiger partial charge in [0.15, 0.2) is 0 Å². The zero-order valence-electron chi connectivity index (χ0n) is 18.5. The number of hydrogen-bond donors (Lipinski definition) is 0. The molecule has 8 atom stereocenters. The molecule has 3 fully saturated rings. The predicted molar refractivity (Wildman–Crippen MR) is 109 cm³/mol. The molecule has 1 aliphatic carbocycles. The molecule has 2 bridgehead atoms. The second-order valence-electron chi connectivity index (χ2n) is 10.3. The molecule has 4 rings (SSSR count). The van der Waals surface area contributed by atoms with Crippen molar-refractivity contribution in [1.29, 1.82) is 0 Å². The van der Waals surface area contributed by atoms with E-state index in [-0.39, 0.29) is 47.8 Å². The van der Waals surface area contributed by atoms with Gasteiger partial charge in [0.25, 0.3) is 0 Å². The number of hydrogen-bond acceptors (Lipinski definition) is 5. The molecule has 0 aromatic rings. The van der Waals surface area contributed by atoms with Gasteiger partial charge in [0, 0.05) is 18.3 Å². The maximum absolute atomic E-state index is 12.9. The van der Waals surface area contributed by atoms with Crippen LogP contribution in [0.2, 0.25) is 0 Å². The van der Waals surface area contributed by atoms with Crippen molar-refractivity contribution in [1.82, 2.24) is 0 Å². The summed E-state index contributed by atoms with van der Waals surface area (Å²) in [6.45, 7) is 10.3. The van der Waals surface area contributed by atoms with Gasteiger partial charge in [-0.1, -0.05) is 25.5 Å². The van der Waals surface area contributed by atoms with E-state index in [9.17, 15) is 9.59 Å². The minimum atomic E-state index is -0.634. The van der Waals surface area contributed by atoms with Crippen LogP contribution in [-0.4, -0.2) is 35.3 Å². The number of carbonyl (C=O) groups is 2. The highest BCUT2D eigenvalue weighted by molar-refractivity contribution is 5.73. The van der Waals surface area contributed by atoms with Gasteiger partial charge in [-0.25, -0.2) is 0 Å². The van der Waals surface area contributed by atoms with E-state index in [0.717, 1.165) is 38.5 Å². The molecule has 0 unspecified atom stereocenters. The van der Waals surface area contributed by atoms with Crippen LogP contribution in [-0.2, 0) is 23.8 Å². The first-order chi connectivity index (χ1) is 13.7. The first-order valence-corrected chi connectivity index (χ1v) is 11.4. The van der Waals surface area contributed by atoms with Crippen molar-refractivity contribution in [2.75, 3.05) is 0 Å². The van der Waals surface area contributed by atoms with E-state index in [2.05, 4.69) is 19.9 Å². The first kappa shape index (κ1) is 20.9. The van der Waals surface area contributed by atoms with Gasteiger partial charge in [-0.05, 0) is 65.2 Å². The van der Waals surface area contributed by atoms with Gasteiger partial charge in [-0.2, -0.15) is 0 Å². The van der Waals surface area contributed by atoms with E-state index < -0.39 is 11.2 Å². The molecule has 3 aliphatic heterocycles. The van der Waals surface area contributed by atoms with Gasteiger partial charge < -0.3 is 14.2 Å². The van der Waals surface area contributed by atoms with Crippen molar-refractivity contribution in [2.24, 2.45) is 23.7 Å². The quantitative estimate of drug-likeness (QED) is 0.509. The van der Waals surface area contributed by atoms with E-state index in [1.54, 1.807) is 0 Å². The largest absolute Gasteiger partial charge is 0.459 e. The summed E-state index contributed by atoms with van der Waals surface area (Å²) in [5.74, 6) is 0.102. The molecule has 162 valence electrons. The Bertz CT molecular complexity index is 714. The highest BCUT2D eigenvalue weighted by atomic mass is 16.6. The number of allylic oxidation sites excluding steroid dienone is 1. The Labute approximate surface area is 174 Å². The lowest BCUT2D eigenvalue weighted by molar-refractivity contribution is -0.181. The van der Waals surface area contributed by atoms with Crippen LogP contribution < -0.4 is 0 Å². The molecule has 3 heterocycles. The monoisotopic (exact) mass is 404 g/mol. The minimum Gasteiger partial charge on any atom is -0.459 e. The molecule has 0 radical (unpaired) electrons. The Kier molecular flexibility index (Phi) is 5.33. The van der Waals surface area contributed by atoms with Crippen LogP contribution in [0.15, 0.2) is 11.6 Å². The van der Waals surface area contributed by atoms with Crippen LogP contribution in [0.4, 0.5) is 0 Å². The van der Waals surface area contributed by atoms with E-state index in [1.807, 2.05) is 20.8 Å². The van der Waals surface area contributed by atoms with Crippen LogP contribution in [0, 0.1) is 23.7 Å². The minimum absolute atomic E-state index is 0.00935. The van der Waals surface area contributed by atoms with E-state index in [0.29, 0.717) is 6.42 Å². The lowest BCUT2D eigenvalue weighted by Crippen LogP contribution is -2.54. The van der Waals surface area contributed by atoms with Crippen molar-refractivity contribution < 1.29 is 23.8 Å². The standard InChI is InChI=1S/C24H36O5/c1-6-8-18(25)28-23(4)12-10-16-15(3)22(26)29-24(5)11-7-9-14(2)13-17-20(23)19(16)21(24)27-17/h9,15-17,19-21H,6-8,10-13H2,1-5H3/b14-9-/t15-,16-,17+,19+,20+,21+,23-,24+/m1/s1. The van der Waals surface area contributed by atoms with Crippen molar-refractivity contribution in [2.45, 2.75) is 103 Å². The number of rotatable bonds is 3. The third-order valence-electron chi connectivity index (χ3n) is 8.07. The van der Waals surface area contributed by atoms with Gasteiger partial charge in [-0.3, -0.25) is 9.59 Å². The van der Waals surface area contributed by atoms with Gasteiger partial charge in [0.2, 0.25) is 0 Å². The second-order valence-corrected chi connectivity index (χ2v) is 10.3. The zero-order valence-corrected chi connectivity index (χ0v) is 18.5. The summed E-state index contributed by atoms with van der Waals surface area (Å²) in [6, 6.07) is 0. The summed E-state index contributed by atoms with van der Waals surface area (Å²) < 4.78 is 19.0. The second kappa shape index (κ2) is 7.40. The third kappa shape index (κ3) is 3.43. The summed E-state index contributed by atoms with van der Waals surface area (Å²) in [7, 11) is 0. The fraction of sp³-hybridized carbons (Fsp3) is 0.833. The fourth-order valence-corrected chi connectivity index (χ4v) is 6.60. The summed E-state index contributed by atoms with van der Waals surface area (Å²) in [5.41, 5.74) is 0.117. The molecular formula is C24H36O5. The Hall–Kier alpha value is -1.36. The van der Waals surface area contributed by atoms with Crippen LogP contribution in [0.1, 0.15) is 79.6 Å². The number of esters is 2. The van der Waals surface area contributed by atoms with Crippen LogP contribution >= 0.6 is 0 Å². The van der Waals surface area contributed by atoms with Crippen LogP contribution in [0.5, 0.6) is 0 Å². The molecule has 4 aliphatic rings. The summed E-state index contributed by atoms with van der Waals surface area (Å²) in [6.07, 6.45) is 7.49. The molecule has 0 spiro atoms. The molecule has 5 nitrogen and oxygen atoms in total. The molecule has 29 heavy (non-hydrogen) atoms. The average Bonchev–Trinajstić information content (AvgIpc) is 3.01. The van der Waals surface area contributed by atoms with Crippen molar-refractivity contribution >= 4 is 11.9 Å². The highest BCUT2D eigenvalue weighted by Crippen LogP contribution is 2.59. The van der Waals surface area contributed by atoms with Crippen molar-refractivity contribution in [3.05, 3.63) is 11.6 Å². The molecule has 0 aromatic carbocycles. The Morgan fingerprint density at radius 1 is 1.31 bits per heavy atom. The molecule has 1 saturated carbocycles. The lowest BCUT2D eigenvalue weighted by atomic mass is 9.58. The summed E-state index contributed by atoms with van der Waals surface area (Å²) in [4.78, 5) is 25.4. The first-order valence-electron chi connectivity index (χ1n) is 11.4. The highest BCUT2D eigenvalue weighted by Gasteiger charge is 2.66. The van der Waals surface area contributed by atoms with Gasteiger partial charge in [0.05, 0.1) is 12.0 Å². The number of fused-ring (bicyclic) bond motifs is 2. The van der Waals surface area contributed by atoms with Gasteiger partial charge in [0.1, 0.15) is 17.3 Å². The zero-order chi connectivity index (χ0) is 21.0. The summed E-state index contributed by atoms with van der Waals surface area (Å²) in [5, 5.41) is 0. The topological polar surface area (TPSA) is 61.8 Å². The molecular weight excluding hydrogens is 368 g/mol. The molecule has 0 amide bonds. The van der Waals surface area contributed by atoms with E-state index in [4.69, 9.17) is 14.2 Å². The maximum atomic E-state index is 12.9. The normalized spacial score (nSPS) is 48.3. The number of ether oxygens (including phenoxy) is 3. The Morgan fingerprint density at radius 3 is 2.79 bits per heavy atom. The number of carbonyl (C=O) groups excluding carboxylic acids is 2. The van der Waals surface area contributed by atoms with E-state index in [1.165, 1.54) is 5.57 Å². The lowest BCUT2D eigenvalue weighted by Gasteiger charge is -2.48. The third-order valence-corrected chi connectivity index (χ3v) is 8.07. The van der Waals surface area contributed by atoms with Gasteiger partial charge >= 0.3 is 11.9 Å². The molecule has 0 aromatic heterocycles. The SMILES string of the molecule is CCCC(=O)O[C@]1(C)CC[C@H]2[C@H]3[C@@H]1[C@@H]1C/C(C)=C\CC[C@](C)(OC(=O)[C@@H]2C)[C@H]3O1. The summed E-state index contributed by atoms with van der Waals surface area (Å²) >= 11 is 0. The van der Waals surface area contributed by atoms with Crippen molar-refractivity contribution in [3.63, 3.8) is 0 Å². The Balaban J connectivity index is 1.79. The smallest absolute Gasteiger partial charge is 0.309 e. The average molecular weight is 405 g/mol. The van der Waals surface area contributed by atoms with Crippen LogP contribution in [0.3, 0.4) is 0 Å². The van der Waals surface area contributed by atoms with Crippen molar-refractivity contribution in [3.8, 4) is 0 Å². The molecule has 2 saturated heterocycles. The van der Waals surface area contributed by atoms with E-state index >= 15 is 0 Å². The predicted octanol–water partition coefficient (Wildman–Crippen LogP) is 4.58. The molecule has 5 heteroatoms. The van der Waals surface area contributed by atoms with Crippen LogP contribution in [0.25, 0.3) is 0 Å². The Morgan fingerprint density at radius 2 is 2.07 bits per heavy atom. The fourth-order valence-electron chi connectivity index (χ4n) is 6.60. The van der Waals surface area contributed by atoms with Gasteiger partial charge in [-0.15, -0.1) is 0 Å². The maximum Gasteiger partial charge on any atom is 0.309 e. The molecule has 0 N–H and O–H groups in total.